The number of nitrogens with zero attached hydrogens (tertiary/aromatic N) is 1. The van der Waals surface area contributed by atoms with Gasteiger partial charge in [0.25, 0.3) is 0 Å². The number of hydrogen-bond acceptors (Lipinski definition) is 3. The summed E-state index contributed by atoms with van der Waals surface area (Å²) in [5.74, 6) is 0. The van der Waals surface area contributed by atoms with Crippen LogP contribution < -0.4 is 5.32 Å². The van der Waals surface area contributed by atoms with Crippen LogP contribution in [0.2, 0.25) is 0 Å². The van der Waals surface area contributed by atoms with E-state index in [2.05, 4.69) is 51.6 Å². The molecule has 3 nitrogen and oxygen atoms in total. The minimum atomic E-state index is 0.131. The molecule has 0 bridgehead atoms. The summed E-state index contributed by atoms with van der Waals surface area (Å²) in [5.41, 5.74) is 3.41. The largest absolute Gasteiger partial charge is 0.381 e. The van der Waals surface area contributed by atoms with Gasteiger partial charge in [0, 0.05) is 36.2 Å². The first-order valence-electron chi connectivity index (χ1n) is 8.25. The van der Waals surface area contributed by atoms with Gasteiger partial charge in [-0.1, -0.05) is 40.2 Å². The van der Waals surface area contributed by atoms with E-state index in [1.54, 1.807) is 0 Å². The Labute approximate surface area is 151 Å². The molecule has 1 saturated heterocycles. The molecule has 124 valence electrons. The predicted octanol–water partition coefficient (Wildman–Crippen LogP) is 4.16. The third-order valence-electron chi connectivity index (χ3n) is 4.78. The van der Waals surface area contributed by atoms with E-state index >= 15 is 0 Å². The van der Waals surface area contributed by atoms with E-state index in [-0.39, 0.29) is 5.41 Å². The smallest absolute Gasteiger partial charge is 0.0991 e. The number of nitrogens with one attached hydrogen (secondary N) is 1. The summed E-state index contributed by atoms with van der Waals surface area (Å²) in [7, 11) is 0. The molecule has 1 aliphatic rings. The maximum absolute atomic E-state index is 8.87. The molecule has 1 fully saturated rings. The Morgan fingerprint density at radius 3 is 2.33 bits per heavy atom. The summed E-state index contributed by atoms with van der Waals surface area (Å²) < 4.78 is 6.70. The van der Waals surface area contributed by atoms with Crippen LogP contribution >= 0.6 is 15.9 Å². The van der Waals surface area contributed by atoms with Crippen molar-refractivity contribution in [2.45, 2.75) is 24.8 Å². The van der Waals surface area contributed by atoms with Crippen LogP contribution in [0.25, 0.3) is 0 Å². The lowest BCUT2D eigenvalue weighted by atomic mass is 9.74. The Morgan fingerprint density at radius 1 is 1.04 bits per heavy atom. The van der Waals surface area contributed by atoms with Crippen LogP contribution in [-0.2, 0) is 16.7 Å². The maximum atomic E-state index is 8.87. The third kappa shape index (κ3) is 4.05. The van der Waals surface area contributed by atoms with Crippen LogP contribution in [0.3, 0.4) is 0 Å². The zero-order valence-electron chi connectivity index (χ0n) is 13.6. The molecule has 1 heterocycles. The second-order valence-corrected chi connectivity index (χ2v) is 7.23. The normalized spacial score (nSPS) is 16.5. The summed E-state index contributed by atoms with van der Waals surface area (Å²) in [4.78, 5) is 0. The van der Waals surface area contributed by atoms with Crippen molar-refractivity contribution in [1.29, 1.82) is 5.26 Å². The van der Waals surface area contributed by atoms with Gasteiger partial charge in [-0.3, -0.25) is 0 Å². The molecule has 2 aromatic rings. The number of nitriles is 1. The van der Waals surface area contributed by atoms with Gasteiger partial charge in [0.15, 0.2) is 0 Å². The van der Waals surface area contributed by atoms with E-state index in [0.29, 0.717) is 5.56 Å². The molecular weight excluding hydrogens is 364 g/mol. The molecule has 0 saturated carbocycles. The van der Waals surface area contributed by atoms with Crippen molar-refractivity contribution in [3.63, 3.8) is 0 Å². The number of benzene rings is 2. The van der Waals surface area contributed by atoms with Crippen LogP contribution in [-0.4, -0.2) is 19.8 Å². The standard InChI is InChI=1S/C20H21BrN2O/c21-19-7-5-18(6-8-19)20(9-11-24-12-10-20)15-23-14-17-3-1-16(13-22)2-4-17/h1-8,23H,9-12,14-15H2. The van der Waals surface area contributed by atoms with Gasteiger partial charge < -0.3 is 10.1 Å². The van der Waals surface area contributed by atoms with Crippen molar-refractivity contribution in [2.75, 3.05) is 19.8 Å². The van der Waals surface area contributed by atoms with Crippen LogP contribution in [0.5, 0.6) is 0 Å². The van der Waals surface area contributed by atoms with Crippen molar-refractivity contribution in [2.24, 2.45) is 0 Å². The molecule has 0 amide bonds. The molecule has 0 spiro atoms. The SMILES string of the molecule is N#Cc1ccc(CNCC2(c3ccc(Br)cc3)CCOCC2)cc1. The highest BCUT2D eigenvalue weighted by molar-refractivity contribution is 9.10. The van der Waals surface area contributed by atoms with Gasteiger partial charge in [-0.25, -0.2) is 0 Å². The van der Waals surface area contributed by atoms with Crippen LogP contribution in [0.15, 0.2) is 53.0 Å². The number of hydrogen-bond donors (Lipinski definition) is 1. The summed E-state index contributed by atoms with van der Waals surface area (Å²) in [6.07, 6.45) is 2.07. The monoisotopic (exact) mass is 384 g/mol. The molecule has 24 heavy (non-hydrogen) atoms. The van der Waals surface area contributed by atoms with Crippen molar-refractivity contribution < 1.29 is 4.74 Å². The van der Waals surface area contributed by atoms with Gasteiger partial charge in [-0.2, -0.15) is 5.26 Å². The molecule has 3 rings (SSSR count). The van der Waals surface area contributed by atoms with Gasteiger partial charge in [-0.05, 0) is 48.2 Å². The van der Waals surface area contributed by atoms with Crippen molar-refractivity contribution in [3.8, 4) is 6.07 Å². The first-order chi connectivity index (χ1) is 11.7. The fourth-order valence-electron chi connectivity index (χ4n) is 3.28. The highest BCUT2D eigenvalue weighted by Gasteiger charge is 2.34. The zero-order chi connectivity index (χ0) is 16.8. The van der Waals surface area contributed by atoms with E-state index in [1.165, 1.54) is 11.1 Å². The second kappa shape index (κ2) is 7.94. The van der Waals surface area contributed by atoms with Crippen molar-refractivity contribution >= 4 is 15.9 Å². The third-order valence-corrected chi connectivity index (χ3v) is 5.31. The Bertz CT molecular complexity index is 698. The van der Waals surface area contributed by atoms with Gasteiger partial charge in [0.05, 0.1) is 11.6 Å². The zero-order valence-corrected chi connectivity index (χ0v) is 15.2. The second-order valence-electron chi connectivity index (χ2n) is 6.31. The van der Waals surface area contributed by atoms with Crippen molar-refractivity contribution in [3.05, 3.63) is 69.7 Å². The van der Waals surface area contributed by atoms with E-state index in [0.717, 1.165) is 43.6 Å². The van der Waals surface area contributed by atoms with E-state index < -0.39 is 0 Å². The molecule has 0 aliphatic carbocycles. The lowest BCUT2D eigenvalue weighted by Gasteiger charge is -2.38. The highest BCUT2D eigenvalue weighted by atomic mass is 79.9. The van der Waals surface area contributed by atoms with Crippen LogP contribution in [0.1, 0.15) is 29.5 Å². The maximum Gasteiger partial charge on any atom is 0.0991 e. The fraction of sp³-hybridized carbons (Fsp3) is 0.350. The molecule has 0 radical (unpaired) electrons. The van der Waals surface area contributed by atoms with Crippen LogP contribution in [0, 0.1) is 11.3 Å². The molecule has 1 aliphatic heterocycles. The predicted molar refractivity (Wildman–Crippen MR) is 98.7 cm³/mol. The Balaban J connectivity index is 1.68. The first kappa shape index (κ1) is 17.2. The van der Waals surface area contributed by atoms with Crippen LogP contribution in [0.4, 0.5) is 0 Å². The fourth-order valence-corrected chi connectivity index (χ4v) is 3.54. The summed E-state index contributed by atoms with van der Waals surface area (Å²) in [5, 5.41) is 12.5. The quantitative estimate of drug-likeness (QED) is 0.841. The highest BCUT2D eigenvalue weighted by Crippen LogP contribution is 2.35. The number of rotatable bonds is 5. The lowest BCUT2D eigenvalue weighted by Crippen LogP contribution is -2.42. The van der Waals surface area contributed by atoms with Gasteiger partial charge in [0.1, 0.15) is 0 Å². The van der Waals surface area contributed by atoms with Gasteiger partial charge in [0.2, 0.25) is 0 Å². The molecule has 4 heteroatoms. The first-order valence-corrected chi connectivity index (χ1v) is 9.05. The molecule has 0 unspecified atom stereocenters. The number of ether oxygens (including phenoxy) is 1. The molecule has 1 N–H and O–H groups in total. The Morgan fingerprint density at radius 2 is 1.71 bits per heavy atom. The summed E-state index contributed by atoms with van der Waals surface area (Å²) >= 11 is 3.52. The average Bonchev–Trinajstić information content (AvgIpc) is 2.63. The number of halogens is 1. The Kier molecular flexibility index (Phi) is 5.68. The van der Waals surface area contributed by atoms with Gasteiger partial charge in [-0.15, -0.1) is 0 Å². The van der Waals surface area contributed by atoms with E-state index in [1.807, 2.05) is 24.3 Å². The van der Waals surface area contributed by atoms with Crippen molar-refractivity contribution in [1.82, 2.24) is 5.32 Å². The van der Waals surface area contributed by atoms with E-state index in [9.17, 15) is 0 Å². The lowest BCUT2D eigenvalue weighted by molar-refractivity contribution is 0.0498. The minimum absolute atomic E-state index is 0.131. The molecule has 2 aromatic carbocycles. The molecule has 0 aromatic heterocycles. The Hall–Kier alpha value is -1.67. The minimum Gasteiger partial charge on any atom is -0.381 e. The topological polar surface area (TPSA) is 45.0 Å². The summed E-state index contributed by atoms with van der Waals surface area (Å²) in [6.45, 7) is 3.37. The molecular formula is C20H21BrN2O. The summed E-state index contributed by atoms with van der Waals surface area (Å²) in [6, 6.07) is 18.6. The van der Waals surface area contributed by atoms with Gasteiger partial charge >= 0.3 is 0 Å². The molecule has 0 atom stereocenters. The van der Waals surface area contributed by atoms with E-state index in [4.69, 9.17) is 10.00 Å². The average molecular weight is 385 g/mol.